The van der Waals surface area contributed by atoms with Crippen LogP contribution >= 0.6 is 0 Å². The van der Waals surface area contributed by atoms with E-state index in [1.54, 1.807) is 30.3 Å². The Balaban J connectivity index is 0.000000858. The van der Waals surface area contributed by atoms with Gasteiger partial charge in [-0.3, -0.25) is 24.4 Å². The Bertz CT molecular complexity index is 936. The van der Waals surface area contributed by atoms with Crippen molar-refractivity contribution in [2.24, 2.45) is 0 Å². The lowest BCUT2D eigenvalue weighted by Gasteiger charge is -2.33. The van der Waals surface area contributed by atoms with Crippen LogP contribution in [0.5, 0.6) is 0 Å². The van der Waals surface area contributed by atoms with Crippen molar-refractivity contribution in [1.29, 1.82) is 0 Å². The van der Waals surface area contributed by atoms with Gasteiger partial charge in [0, 0.05) is 42.5 Å². The van der Waals surface area contributed by atoms with E-state index < -0.39 is 0 Å². The fourth-order valence-corrected chi connectivity index (χ4v) is 4.21. The number of aromatic nitrogens is 2. The van der Waals surface area contributed by atoms with Crippen LogP contribution in [0.25, 0.3) is 5.69 Å². The van der Waals surface area contributed by atoms with Crippen molar-refractivity contribution in [1.82, 2.24) is 20.0 Å². The number of carboxylic acid groups (broad SMARTS) is 1. The summed E-state index contributed by atoms with van der Waals surface area (Å²) >= 11 is 0. The summed E-state index contributed by atoms with van der Waals surface area (Å²) in [6.45, 7) is 6.46. The Morgan fingerprint density at radius 2 is 2.03 bits per heavy atom. The number of aromatic amines is 1. The lowest BCUT2D eigenvalue weighted by Crippen LogP contribution is -2.45. The van der Waals surface area contributed by atoms with Gasteiger partial charge >= 0.3 is 0 Å². The SMILES string of the molecule is CCCc1cc(=O)n(-c2ccc(C(=O)N[C@@H]3C[C@H]4CO[C@@H](C)CN4C3)cc2)[nH]1.O=CO. The molecule has 168 valence electrons. The second-order valence-electron chi connectivity index (χ2n) is 8.02. The molecule has 3 atom stereocenters. The third kappa shape index (κ3) is 5.62. The van der Waals surface area contributed by atoms with Gasteiger partial charge in [0.1, 0.15) is 0 Å². The van der Waals surface area contributed by atoms with Crippen LogP contribution in [-0.2, 0) is 16.0 Å². The first-order valence-corrected chi connectivity index (χ1v) is 10.6. The van der Waals surface area contributed by atoms with E-state index in [4.69, 9.17) is 14.6 Å². The highest BCUT2D eigenvalue weighted by Crippen LogP contribution is 2.23. The summed E-state index contributed by atoms with van der Waals surface area (Å²) in [7, 11) is 0. The van der Waals surface area contributed by atoms with Crippen molar-refractivity contribution < 1.29 is 19.4 Å². The van der Waals surface area contributed by atoms with Crippen LogP contribution in [0.15, 0.2) is 35.1 Å². The zero-order valence-electron chi connectivity index (χ0n) is 17.9. The van der Waals surface area contributed by atoms with Crippen molar-refractivity contribution in [2.75, 3.05) is 19.7 Å². The number of carbonyl (C=O) groups excluding carboxylic acids is 1. The molecular formula is C22H30N4O5. The van der Waals surface area contributed by atoms with Gasteiger partial charge in [-0.05, 0) is 44.0 Å². The zero-order valence-corrected chi connectivity index (χ0v) is 17.9. The van der Waals surface area contributed by atoms with Gasteiger partial charge in [0.25, 0.3) is 17.9 Å². The standard InChI is InChI=1S/C21H28N4O3.CH2O2/c1-3-4-16-10-20(26)25(23-16)18-7-5-15(6-8-18)21(27)22-17-9-19-13-28-14(2)11-24(19)12-17;2-1-3/h5-8,10,14,17,19,23H,3-4,9,11-13H2,1-2H3,(H,22,27);1H,(H,2,3)/t14-,17+,19-;/m0./s1. The minimum atomic E-state index is -0.250. The molecule has 31 heavy (non-hydrogen) atoms. The average Bonchev–Trinajstić information content (AvgIpc) is 3.31. The highest BCUT2D eigenvalue weighted by atomic mass is 16.5. The first-order chi connectivity index (χ1) is 14.9. The first kappa shape index (κ1) is 22.8. The molecule has 2 aliphatic heterocycles. The number of H-pyrrole nitrogens is 1. The van der Waals surface area contributed by atoms with Crippen LogP contribution in [0.3, 0.4) is 0 Å². The molecule has 0 unspecified atom stereocenters. The topological polar surface area (TPSA) is 117 Å². The molecule has 2 aromatic rings. The Morgan fingerprint density at radius 3 is 2.71 bits per heavy atom. The summed E-state index contributed by atoms with van der Waals surface area (Å²) in [5.41, 5.74) is 2.17. The Labute approximate surface area is 181 Å². The van der Waals surface area contributed by atoms with E-state index in [0.29, 0.717) is 11.6 Å². The third-order valence-corrected chi connectivity index (χ3v) is 5.61. The van der Waals surface area contributed by atoms with Gasteiger partial charge in [0.05, 0.1) is 18.4 Å². The number of hydrogen-bond donors (Lipinski definition) is 3. The Kier molecular flexibility index (Phi) is 7.64. The molecular weight excluding hydrogens is 400 g/mol. The van der Waals surface area contributed by atoms with Crippen molar-refractivity contribution >= 4 is 12.4 Å². The Hall–Kier alpha value is -2.91. The maximum Gasteiger partial charge on any atom is 0.290 e. The number of nitrogens with one attached hydrogen (secondary N) is 2. The number of hydrogen-bond acceptors (Lipinski definition) is 5. The first-order valence-electron chi connectivity index (χ1n) is 10.6. The molecule has 3 N–H and O–H groups in total. The number of carbonyl (C=O) groups is 2. The Morgan fingerprint density at radius 1 is 1.32 bits per heavy atom. The number of fused-ring (bicyclic) bond motifs is 1. The highest BCUT2D eigenvalue weighted by Gasteiger charge is 2.36. The van der Waals surface area contributed by atoms with E-state index in [9.17, 15) is 9.59 Å². The molecule has 1 amide bonds. The molecule has 3 heterocycles. The van der Waals surface area contributed by atoms with Crippen molar-refractivity contribution in [2.45, 2.75) is 51.3 Å². The quantitative estimate of drug-likeness (QED) is 0.618. The lowest BCUT2D eigenvalue weighted by atomic mass is 10.1. The highest BCUT2D eigenvalue weighted by molar-refractivity contribution is 5.94. The molecule has 9 heteroatoms. The van der Waals surface area contributed by atoms with Crippen LogP contribution < -0.4 is 10.9 Å². The number of nitrogens with zero attached hydrogens (tertiary/aromatic N) is 2. The number of morpholine rings is 1. The zero-order chi connectivity index (χ0) is 22.4. The van der Waals surface area contributed by atoms with Crippen LogP contribution in [0.4, 0.5) is 0 Å². The summed E-state index contributed by atoms with van der Waals surface area (Å²) in [6.07, 6.45) is 3.00. The van der Waals surface area contributed by atoms with E-state index in [2.05, 4.69) is 29.2 Å². The molecule has 4 rings (SSSR count). The van der Waals surface area contributed by atoms with Crippen LogP contribution in [-0.4, -0.2) is 70.1 Å². The number of benzene rings is 1. The molecule has 0 bridgehead atoms. The number of rotatable bonds is 5. The minimum Gasteiger partial charge on any atom is -0.483 e. The minimum absolute atomic E-state index is 0.0733. The van der Waals surface area contributed by atoms with Gasteiger partial charge in [0.2, 0.25) is 0 Å². The summed E-state index contributed by atoms with van der Waals surface area (Å²) in [4.78, 5) is 35.6. The number of ether oxygens (including phenoxy) is 1. The third-order valence-electron chi connectivity index (χ3n) is 5.61. The summed E-state index contributed by atoms with van der Waals surface area (Å²) in [6, 6.07) is 9.32. The maximum absolute atomic E-state index is 12.6. The molecule has 2 aliphatic rings. The van der Waals surface area contributed by atoms with Gasteiger partial charge < -0.3 is 15.2 Å². The van der Waals surface area contributed by atoms with Gasteiger partial charge in [-0.1, -0.05) is 13.3 Å². The van der Waals surface area contributed by atoms with Gasteiger partial charge in [-0.15, -0.1) is 0 Å². The van der Waals surface area contributed by atoms with Crippen molar-refractivity contribution in [3.63, 3.8) is 0 Å². The molecule has 0 aliphatic carbocycles. The van der Waals surface area contributed by atoms with E-state index in [-0.39, 0.29) is 30.1 Å². The second-order valence-corrected chi connectivity index (χ2v) is 8.02. The van der Waals surface area contributed by atoms with Gasteiger partial charge in [-0.2, -0.15) is 0 Å². The molecule has 9 nitrogen and oxygen atoms in total. The van der Waals surface area contributed by atoms with E-state index >= 15 is 0 Å². The number of amides is 1. The normalized spacial score (nSPS) is 22.8. The molecule has 1 aromatic carbocycles. The van der Waals surface area contributed by atoms with Crippen molar-refractivity contribution in [3.8, 4) is 5.69 Å². The largest absolute Gasteiger partial charge is 0.483 e. The van der Waals surface area contributed by atoms with Gasteiger partial charge in [-0.25, -0.2) is 4.68 Å². The summed E-state index contributed by atoms with van der Waals surface area (Å²) < 4.78 is 7.24. The van der Waals surface area contributed by atoms with Gasteiger partial charge in [0.15, 0.2) is 0 Å². The maximum atomic E-state index is 12.6. The van der Waals surface area contributed by atoms with E-state index in [1.165, 1.54) is 4.68 Å². The predicted molar refractivity (Wildman–Crippen MR) is 116 cm³/mol. The molecule has 0 saturated carbocycles. The fraction of sp³-hybridized carbons (Fsp3) is 0.500. The summed E-state index contributed by atoms with van der Waals surface area (Å²) in [5.74, 6) is -0.0733. The smallest absolute Gasteiger partial charge is 0.290 e. The molecule has 2 fully saturated rings. The lowest BCUT2D eigenvalue weighted by molar-refractivity contribution is -0.122. The molecule has 0 radical (unpaired) electrons. The fourth-order valence-electron chi connectivity index (χ4n) is 4.21. The van der Waals surface area contributed by atoms with Crippen LogP contribution in [0, 0.1) is 0 Å². The van der Waals surface area contributed by atoms with Crippen molar-refractivity contribution in [3.05, 3.63) is 51.9 Å². The molecule has 1 aromatic heterocycles. The molecule has 0 spiro atoms. The van der Waals surface area contributed by atoms with E-state index in [1.807, 2.05) is 0 Å². The number of aryl methyl sites for hydroxylation is 1. The van der Waals surface area contributed by atoms with Crippen LogP contribution in [0.2, 0.25) is 0 Å². The summed E-state index contributed by atoms with van der Waals surface area (Å²) in [5, 5.41) is 13.2. The monoisotopic (exact) mass is 430 g/mol. The molecule has 2 saturated heterocycles. The second kappa shape index (κ2) is 10.4. The predicted octanol–water partition coefficient (Wildman–Crippen LogP) is 1.41. The van der Waals surface area contributed by atoms with Crippen LogP contribution in [0.1, 0.15) is 42.7 Å². The van der Waals surface area contributed by atoms with E-state index in [0.717, 1.165) is 50.3 Å². The average molecular weight is 431 g/mol.